The number of hydroxylamine groups is 1. The summed E-state index contributed by atoms with van der Waals surface area (Å²) in [5.41, 5.74) is 8.90. The van der Waals surface area contributed by atoms with E-state index in [0.717, 1.165) is 53.2 Å². The van der Waals surface area contributed by atoms with Crippen LogP contribution in [0.1, 0.15) is 35.3 Å². The Morgan fingerprint density at radius 2 is 1.94 bits per heavy atom. The SMILES string of the molecule is Cc1nc2ccccn2c1-c1cccc(Nc2ccc(C(=O)NOC3CCCCO3)cc2)c1. The topological polar surface area (TPSA) is 76.9 Å². The maximum Gasteiger partial charge on any atom is 0.274 e. The first-order chi connectivity index (χ1) is 16.2. The summed E-state index contributed by atoms with van der Waals surface area (Å²) < 4.78 is 7.56. The lowest BCUT2D eigenvalue weighted by Crippen LogP contribution is -2.33. The molecule has 0 radical (unpaired) electrons. The van der Waals surface area contributed by atoms with Crippen LogP contribution >= 0.6 is 0 Å². The Hall–Kier alpha value is -3.68. The Bertz CT molecular complexity index is 1260. The molecular weight excluding hydrogens is 416 g/mol. The van der Waals surface area contributed by atoms with E-state index in [2.05, 4.69) is 32.3 Å². The van der Waals surface area contributed by atoms with Crippen LogP contribution in [0.5, 0.6) is 0 Å². The van der Waals surface area contributed by atoms with Crippen molar-refractivity contribution < 1.29 is 14.4 Å². The molecule has 4 aromatic rings. The highest BCUT2D eigenvalue weighted by molar-refractivity contribution is 5.93. The zero-order valence-corrected chi connectivity index (χ0v) is 18.5. The minimum atomic E-state index is -0.368. The van der Waals surface area contributed by atoms with Crippen molar-refractivity contribution in [1.29, 1.82) is 0 Å². The summed E-state index contributed by atoms with van der Waals surface area (Å²) in [6.45, 7) is 2.69. The summed E-state index contributed by atoms with van der Waals surface area (Å²) in [5, 5.41) is 3.41. The highest BCUT2D eigenvalue weighted by Crippen LogP contribution is 2.28. The van der Waals surface area contributed by atoms with Crippen LogP contribution in [0.4, 0.5) is 11.4 Å². The van der Waals surface area contributed by atoms with E-state index < -0.39 is 0 Å². The van der Waals surface area contributed by atoms with Crippen molar-refractivity contribution in [2.75, 3.05) is 11.9 Å². The first kappa shape index (κ1) is 21.2. The number of ether oxygens (including phenoxy) is 1. The first-order valence-corrected chi connectivity index (χ1v) is 11.2. The van der Waals surface area contributed by atoms with Crippen molar-refractivity contribution in [1.82, 2.24) is 14.9 Å². The number of carbonyl (C=O) groups excluding carboxylic acids is 1. The minimum Gasteiger partial charge on any atom is -0.356 e. The number of nitrogens with zero attached hydrogens (tertiary/aromatic N) is 2. The van der Waals surface area contributed by atoms with Crippen LogP contribution in [-0.2, 0) is 9.57 Å². The van der Waals surface area contributed by atoms with Gasteiger partial charge in [-0.2, -0.15) is 0 Å². The van der Waals surface area contributed by atoms with Gasteiger partial charge in [-0.05, 0) is 68.3 Å². The normalized spacial score (nSPS) is 16.0. The molecule has 7 heteroatoms. The molecule has 7 nitrogen and oxygen atoms in total. The number of pyridine rings is 1. The Morgan fingerprint density at radius 1 is 1.06 bits per heavy atom. The molecule has 1 fully saturated rings. The van der Waals surface area contributed by atoms with E-state index in [1.54, 1.807) is 12.1 Å². The minimum absolute atomic E-state index is 0.291. The number of amides is 1. The van der Waals surface area contributed by atoms with E-state index in [0.29, 0.717) is 12.2 Å². The van der Waals surface area contributed by atoms with Crippen LogP contribution < -0.4 is 10.8 Å². The molecule has 1 atom stereocenters. The molecule has 33 heavy (non-hydrogen) atoms. The largest absolute Gasteiger partial charge is 0.356 e. The second-order valence-corrected chi connectivity index (χ2v) is 8.10. The van der Waals surface area contributed by atoms with Gasteiger partial charge in [0.2, 0.25) is 0 Å². The highest BCUT2D eigenvalue weighted by Gasteiger charge is 2.16. The predicted molar refractivity (Wildman–Crippen MR) is 127 cm³/mol. The van der Waals surface area contributed by atoms with Gasteiger partial charge < -0.3 is 10.1 Å². The maximum atomic E-state index is 12.4. The molecule has 2 N–H and O–H groups in total. The van der Waals surface area contributed by atoms with E-state index in [4.69, 9.17) is 9.57 Å². The van der Waals surface area contributed by atoms with Crippen LogP contribution in [0.2, 0.25) is 0 Å². The standard InChI is InChI=1S/C26H26N4O3/c1-18-25(30-15-4-2-9-23(30)27-18)20-7-6-8-22(17-20)28-21-13-11-19(12-14-21)26(31)29-33-24-10-3-5-16-32-24/h2,4,6-9,11-15,17,24,28H,3,5,10,16H2,1H3,(H,29,31). The summed E-state index contributed by atoms with van der Waals surface area (Å²) in [6, 6.07) is 21.5. The fourth-order valence-electron chi connectivity index (χ4n) is 4.06. The summed E-state index contributed by atoms with van der Waals surface area (Å²) in [4.78, 5) is 22.4. The van der Waals surface area contributed by atoms with Gasteiger partial charge in [0.15, 0.2) is 6.29 Å². The van der Waals surface area contributed by atoms with Crippen molar-refractivity contribution in [2.45, 2.75) is 32.5 Å². The number of fused-ring (bicyclic) bond motifs is 1. The van der Waals surface area contributed by atoms with E-state index >= 15 is 0 Å². The van der Waals surface area contributed by atoms with E-state index in [1.807, 2.05) is 55.6 Å². The molecule has 0 spiro atoms. The Balaban J connectivity index is 1.27. The summed E-state index contributed by atoms with van der Waals surface area (Å²) in [7, 11) is 0. The summed E-state index contributed by atoms with van der Waals surface area (Å²) in [6.07, 6.45) is 4.52. The van der Waals surface area contributed by atoms with Gasteiger partial charge in [0.1, 0.15) is 5.65 Å². The average Bonchev–Trinajstić information content (AvgIpc) is 3.19. The van der Waals surface area contributed by atoms with Crippen LogP contribution in [0.3, 0.4) is 0 Å². The van der Waals surface area contributed by atoms with Crippen molar-refractivity contribution in [3.63, 3.8) is 0 Å². The van der Waals surface area contributed by atoms with E-state index in [-0.39, 0.29) is 12.2 Å². The number of benzene rings is 2. The van der Waals surface area contributed by atoms with Gasteiger partial charge in [-0.3, -0.25) is 9.20 Å². The van der Waals surface area contributed by atoms with Gasteiger partial charge in [-0.15, -0.1) is 0 Å². The van der Waals surface area contributed by atoms with Crippen LogP contribution in [0, 0.1) is 6.92 Å². The molecule has 0 bridgehead atoms. The Labute approximate surface area is 192 Å². The number of rotatable bonds is 6. The lowest BCUT2D eigenvalue weighted by molar-refractivity contribution is -0.186. The van der Waals surface area contributed by atoms with Gasteiger partial charge in [0, 0.05) is 41.7 Å². The number of hydrogen-bond donors (Lipinski definition) is 2. The van der Waals surface area contributed by atoms with E-state index in [1.165, 1.54) is 0 Å². The molecule has 0 saturated carbocycles. The number of aromatic nitrogens is 2. The number of aryl methyl sites for hydroxylation is 1. The molecule has 1 aliphatic heterocycles. The number of hydrogen-bond acceptors (Lipinski definition) is 5. The molecular formula is C26H26N4O3. The third-order valence-corrected chi connectivity index (χ3v) is 5.70. The number of carbonyl (C=O) groups is 1. The van der Waals surface area contributed by atoms with Crippen LogP contribution in [0.15, 0.2) is 72.9 Å². The fraction of sp³-hybridized carbons (Fsp3) is 0.231. The molecule has 168 valence electrons. The Morgan fingerprint density at radius 3 is 2.76 bits per heavy atom. The zero-order valence-electron chi connectivity index (χ0n) is 18.5. The molecule has 5 rings (SSSR count). The number of imidazole rings is 1. The second kappa shape index (κ2) is 9.44. The fourth-order valence-corrected chi connectivity index (χ4v) is 4.06. The molecule has 3 heterocycles. The lowest BCUT2D eigenvalue weighted by atomic mass is 10.1. The van der Waals surface area contributed by atoms with Gasteiger partial charge in [-0.25, -0.2) is 15.3 Å². The van der Waals surface area contributed by atoms with Gasteiger partial charge in [-0.1, -0.05) is 18.2 Å². The predicted octanol–water partition coefficient (Wildman–Crippen LogP) is 5.24. The molecule has 1 unspecified atom stereocenters. The molecule has 2 aromatic heterocycles. The van der Waals surface area contributed by atoms with Crippen molar-refractivity contribution in [3.05, 3.63) is 84.2 Å². The van der Waals surface area contributed by atoms with Crippen LogP contribution in [-0.4, -0.2) is 28.2 Å². The number of anilines is 2. The number of nitrogens with one attached hydrogen (secondary N) is 2. The second-order valence-electron chi connectivity index (χ2n) is 8.10. The third-order valence-electron chi connectivity index (χ3n) is 5.70. The third kappa shape index (κ3) is 4.74. The quantitative estimate of drug-likeness (QED) is 0.399. The van der Waals surface area contributed by atoms with Crippen molar-refractivity contribution in [2.24, 2.45) is 0 Å². The monoisotopic (exact) mass is 442 g/mol. The zero-order chi connectivity index (χ0) is 22.6. The molecule has 1 amide bonds. The van der Waals surface area contributed by atoms with Crippen LogP contribution in [0.25, 0.3) is 16.9 Å². The van der Waals surface area contributed by atoms with Gasteiger partial charge >= 0.3 is 0 Å². The molecule has 1 saturated heterocycles. The van der Waals surface area contributed by atoms with Crippen molar-refractivity contribution in [3.8, 4) is 11.3 Å². The van der Waals surface area contributed by atoms with E-state index in [9.17, 15) is 4.79 Å². The Kier molecular flexibility index (Phi) is 6.06. The summed E-state index contributed by atoms with van der Waals surface area (Å²) in [5.74, 6) is -0.291. The molecule has 2 aromatic carbocycles. The molecule has 1 aliphatic rings. The van der Waals surface area contributed by atoms with Gasteiger partial charge in [0.25, 0.3) is 5.91 Å². The molecule has 0 aliphatic carbocycles. The lowest BCUT2D eigenvalue weighted by Gasteiger charge is -2.22. The van der Waals surface area contributed by atoms with Crippen molar-refractivity contribution >= 4 is 22.9 Å². The summed E-state index contributed by atoms with van der Waals surface area (Å²) >= 11 is 0. The average molecular weight is 443 g/mol. The van der Waals surface area contributed by atoms with Gasteiger partial charge in [0.05, 0.1) is 11.4 Å². The smallest absolute Gasteiger partial charge is 0.274 e. The maximum absolute atomic E-state index is 12.4. The first-order valence-electron chi connectivity index (χ1n) is 11.2. The highest BCUT2D eigenvalue weighted by atomic mass is 16.8.